The summed E-state index contributed by atoms with van der Waals surface area (Å²) in [5, 5.41) is 2.80. The fraction of sp³-hybridized carbons (Fsp3) is 0.308. The van der Waals surface area contributed by atoms with E-state index in [1.54, 1.807) is 12.1 Å². The van der Waals surface area contributed by atoms with Crippen LogP contribution < -0.4 is 5.32 Å². The van der Waals surface area contributed by atoms with Crippen LogP contribution in [0.3, 0.4) is 0 Å². The number of hydrogen-bond acceptors (Lipinski definition) is 1. The van der Waals surface area contributed by atoms with Gasteiger partial charge in [0.1, 0.15) is 5.82 Å². The second-order valence-corrected chi connectivity index (χ2v) is 3.51. The van der Waals surface area contributed by atoms with Crippen LogP contribution in [-0.4, -0.2) is 12.5 Å². The van der Waals surface area contributed by atoms with E-state index in [2.05, 4.69) is 5.32 Å². The highest BCUT2D eigenvalue weighted by atomic mass is 19.1. The van der Waals surface area contributed by atoms with E-state index in [-0.39, 0.29) is 11.7 Å². The van der Waals surface area contributed by atoms with Crippen LogP contribution in [0, 0.1) is 5.82 Å². The maximum absolute atomic E-state index is 12.6. The molecule has 0 unspecified atom stereocenters. The molecule has 1 aromatic carbocycles. The summed E-state index contributed by atoms with van der Waals surface area (Å²) in [7, 11) is 0. The van der Waals surface area contributed by atoms with E-state index >= 15 is 0 Å². The predicted octanol–water partition coefficient (Wildman–Crippen LogP) is 2.45. The van der Waals surface area contributed by atoms with Gasteiger partial charge in [-0.3, -0.25) is 4.79 Å². The molecule has 0 saturated carbocycles. The minimum absolute atomic E-state index is 0.0314. The Labute approximate surface area is 95.2 Å². The van der Waals surface area contributed by atoms with Gasteiger partial charge in [0.25, 0.3) is 0 Å². The van der Waals surface area contributed by atoms with Crippen LogP contribution in [-0.2, 0) is 11.2 Å². The molecule has 1 N–H and O–H groups in total. The van der Waals surface area contributed by atoms with Crippen LogP contribution in [0.25, 0.3) is 0 Å². The number of nitrogens with one attached hydrogen (secondary N) is 1. The van der Waals surface area contributed by atoms with E-state index in [0.29, 0.717) is 13.0 Å². The molecule has 1 aromatic rings. The molecule has 0 fully saturated rings. The Kier molecular flexibility index (Phi) is 5.26. The van der Waals surface area contributed by atoms with Crippen molar-refractivity contribution in [3.8, 4) is 0 Å². The van der Waals surface area contributed by atoms with Gasteiger partial charge in [0.2, 0.25) is 5.91 Å². The zero-order valence-corrected chi connectivity index (χ0v) is 9.37. The minimum atomic E-state index is -0.280. The van der Waals surface area contributed by atoms with E-state index in [4.69, 9.17) is 0 Å². The molecule has 0 saturated heterocycles. The molecular formula is C13H16FNO. The highest BCUT2D eigenvalue weighted by molar-refractivity contribution is 5.78. The van der Waals surface area contributed by atoms with Gasteiger partial charge in [-0.25, -0.2) is 4.39 Å². The third kappa shape index (κ3) is 4.73. The lowest BCUT2D eigenvalue weighted by Crippen LogP contribution is -2.25. The van der Waals surface area contributed by atoms with Gasteiger partial charge in [-0.2, -0.15) is 0 Å². The largest absolute Gasteiger partial charge is 0.356 e. The van der Waals surface area contributed by atoms with Gasteiger partial charge in [0, 0.05) is 6.54 Å². The van der Waals surface area contributed by atoms with Crippen molar-refractivity contribution in [1.82, 2.24) is 5.32 Å². The summed E-state index contributed by atoms with van der Waals surface area (Å²) in [6.45, 7) is 2.59. The number of amides is 1. The molecule has 0 bridgehead atoms. The third-order valence-electron chi connectivity index (χ3n) is 2.15. The first-order valence-electron chi connectivity index (χ1n) is 5.34. The third-order valence-corrected chi connectivity index (χ3v) is 2.15. The van der Waals surface area contributed by atoms with E-state index in [1.165, 1.54) is 12.1 Å². The van der Waals surface area contributed by atoms with Crippen LogP contribution in [0.15, 0.2) is 36.4 Å². The predicted molar refractivity (Wildman–Crippen MR) is 62.5 cm³/mol. The number of halogens is 1. The highest BCUT2D eigenvalue weighted by Crippen LogP contribution is 2.03. The van der Waals surface area contributed by atoms with Crippen molar-refractivity contribution in [1.29, 1.82) is 0 Å². The average Bonchev–Trinajstić information content (AvgIpc) is 2.28. The van der Waals surface area contributed by atoms with Crippen LogP contribution >= 0.6 is 0 Å². The highest BCUT2D eigenvalue weighted by Gasteiger charge is 2.01. The molecule has 0 aliphatic heterocycles. The molecule has 16 heavy (non-hydrogen) atoms. The second-order valence-electron chi connectivity index (χ2n) is 3.51. The van der Waals surface area contributed by atoms with Crippen molar-refractivity contribution in [2.75, 3.05) is 6.54 Å². The average molecular weight is 221 g/mol. The lowest BCUT2D eigenvalue weighted by molar-refractivity contribution is -0.120. The number of allylic oxidation sites excluding steroid dienone is 1. The maximum atomic E-state index is 12.6. The molecular weight excluding hydrogens is 205 g/mol. The van der Waals surface area contributed by atoms with Crippen molar-refractivity contribution in [3.63, 3.8) is 0 Å². The Balaban J connectivity index is 2.31. The number of carbonyl (C=O) groups excluding carboxylic acids is 1. The molecule has 0 heterocycles. The van der Waals surface area contributed by atoms with Crippen molar-refractivity contribution < 1.29 is 9.18 Å². The summed E-state index contributed by atoms with van der Waals surface area (Å²) in [4.78, 5) is 11.4. The van der Waals surface area contributed by atoms with E-state index in [9.17, 15) is 9.18 Å². The quantitative estimate of drug-likeness (QED) is 0.600. The maximum Gasteiger partial charge on any atom is 0.224 e. The monoisotopic (exact) mass is 221 g/mol. The summed E-state index contributed by atoms with van der Waals surface area (Å²) < 4.78 is 12.6. The molecule has 0 aliphatic carbocycles. The fourth-order valence-electron chi connectivity index (χ4n) is 1.31. The minimum Gasteiger partial charge on any atom is -0.356 e. The van der Waals surface area contributed by atoms with Crippen molar-refractivity contribution in [2.45, 2.75) is 19.8 Å². The van der Waals surface area contributed by atoms with Gasteiger partial charge >= 0.3 is 0 Å². The summed E-state index contributed by atoms with van der Waals surface area (Å²) in [6, 6.07) is 5.98. The Bertz CT molecular complexity index is 357. The Morgan fingerprint density at radius 2 is 2.06 bits per heavy atom. The van der Waals surface area contributed by atoms with Crippen molar-refractivity contribution >= 4 is 5.91 Å². The number of hydrogen-bond donors (Lipinski definition) is 1. The summed E-state index contributed by atoms with van der Waals surface area (Å²) in [6.07, 6.45) is 5.09. The van der Waals surface area contributed by atoms with Crippen LogP contribution in [0.4, 0.5) is 4.39 Å². The van der Waals surface area contributed by atoms with Gasteiger partial charge in [0.05, 0.1) is 6.42 Å². The lowest BCUT2D eigenvalue weighted by Gasteiger charge is -2.03. The normalized spacial score (nSPS) is 10.6. The van der Waals surface area contributed by atoms with E-state index in [0.717, 1.165) is 12.0 Å². The molecule has 2 nitrogen and oxygen atoms in total. The number of carbonyl (C=O) groups is 1. The van der Waals surface area contributed by atoms with E-state index in [1.807, 2.05) is 19.1 Å². The SMILES string of the molecule is C/C=C/CCNC(=O)Cc1ccc(F)cc1. The molecule has 1 amide bonds. The Morgan fingerprint density at radius 1 is 1.38 bits per heavy atom. The zero-order chi connectivity index (χ0) is 11.8. The van der Waals surface area contributed by atoms with Gasteiger partial charge in [-0.15, -0.1) is 0 Å². The molecule has 0 spiro atoms. The number of rotatable bonds is 5. The molecule has 0 radical (unpaired) electrons. The Morgan fingerprint density at radius 3 is 2.69 bits per heavy atom. The molecule has 0 aromatic heterocycles. The second kappa shape index (κ2) is 6.77. The topological polar surface area (TPSA) is 29.1 Å². The van der Waals surface area contributed by atoms with Gasteiger partial charge < -0.3 is 5.32 Å². The standard InChI is InChI=1S/C13H16FNO/c1-2-3-4-9-15-13(16)10-11-5-7-12(14)8-6-11/h2-3,5-8H,4,9-10H2,1H3,(H,15,16)/b3-2+. The first kappa shape index (κ1) is 12.4. The molecule has 0 aliphatic rings. The zero-order valence-electron chi connectivity index (χ0n) is 9.37. The fourth-order valence-corrected chi connectivity index (χ4v) is 1.31. The van der Waals surface area contributed by atoms with Gasteiger partial charge in [-0.05, 0) is 31.0 Å². The smallest absolute Gasteiger partial charge is 0.224 e. The van der Waals surface area contributed by atoms with Crippen LogP contribution in [0.2, 0.25) is 0 Å². The lowest BCUT2D eigenvalue weighted by atomic mass is 10.1. The van der Waals surface area contributed by atoms with Crippen LogP contribution in [0.5, 0.6) is 0 Å². The van der Waals surface area contributed by atoms with Crippen molar-refractivity contribution in [2.24, 2.45) is 0 Å². The van der Waals surface area contributed by atoms with E-state index < -0.39 is 0 Å². The summed E-state index contributed by atoms with van der Waals surface area (Å²) >= 11 is 0. The molecule has 0 atom stereocenters. The Hall–Kier alpha value is -1.64. The summed E-state index contributed by atoms with van der Waals surface area (Å²) in [5.41, 5.74) is 0.824. The summed E-state index contributed by atoms with van der Waals surface area (Å²) in [5.74, 6) is -0.312. The molecule has 86 valence electrons. The van der Waals surface area contributed by atoms with Crippen LogP contribution in [0.1, 0.15) is 18.9 Å². The van der Waals surface area contributed by atoms with Crippen molar-refractivity contribution in [3.05, 3.63) is 47.8 Å². The molecule has 3 heteroatoms. The number of benzene rings is 1. The molecule has 1 rings (SSSR count). The first-order chi connectivity index (χ1) is 7.72. The van der Waals surface area contributed by atoms with Gasteiger partial charge in [-0.1, -0.05) is 24.3 Å². The first-order valence-corrected chi connectivity index (χ1v) is 5.34. The van der Waals surface area contributed by atoms with Gasteiger partial charge in [0.15, 0.2) is 0 Å².